The normalized spacial score (nSPS) is 20.1. The number of hydrogen-bond acceptors (Lipinski definition) is 4. The van der Waals surface area contributed by atoms with Crippen molar-refractivity contribution >= 4 is 11.4 Å². The van der Waals surface area contributed by atoms with Crippen LogP contribution in [0.2, 0.25) is 0 Å². The van der Waals surface area contributed by atoms with Crippen molar-refractivity contribution in [3.05, 3.63) is 69.5 Å². The molecular weight excluding hydrogens is 275 g/mol. The van der Waals surface area contributed by atoms with Crippen LogP contribution < -0.4 is 5.32 Å². The number of para-hydroxylation sites is 1. The quantitative estimate of drug-likeness (QED) is 0.672. The first-order valence-electron chi connectivity index (χ1n) is 6.53. The van der Waals surface area contributed by atoms with Gasteiger partial charge in [-0.1, -0.05) is 30.3 Å². The van der Waals surface area contributed by atoms with Gasteiger partial charge in [-0.15, -0.1) is 0 Å². The van der Waals surface area contributed by atoms with Crippen molar-refractivity contribution in [2.45, 2.75) is 18.6 Å². The van der Waals surface area contributed by atoms with Gasteiger partial charge in [0, 0.05) is 6.42 Å². The number of nitro groups is 1. The Kier molecular flexibility index (Phi) is 3.31. The molecule has 0 saturated heterocycles. The minimum absolute atomic E-state index is 0.0701. The van der Waals surface area contributed by atoms with Crippen molar-refractivity contribution in [1.82, 2.24) is 0 Å². The predicted octanol–water partition coefficient (Wildman–Crippen LogP) is 2.80. The number of aliphatic hydroxyl groups excluding tert-OH is 1. The van der Waals surface area contributed by atoms with Gasteiger partial charge in [0.15, 0.2) is 0 Å². The van der Waals surface area contributed by atoms with E-state index in [4.69, 9.17) is 0 Å². The van der Waals surface area contributed by atoms with Crippen molar-refractivity contribution in [3.8, 4) is 0 Å². The zero-order valence-corrected chi connectivity index (χ0v) is 11.0. The fourth-order valence-electron chi connectivity index (χ4n) is 2.73. The Morgan fingerprint density at radius 2 is 2.00 bits per heavy atom. The molecule has 0 saturated carbocycles. The van der Waals surface area contributed by atoms with Crippen molar-refractivity contribution in [1.29, 1.82) is 0 Å². The highest BCUT2D eigenvalue weighted by molar-refractivity contribution is 5.63. The van der Waals surface area contributed by atoms with Gasteiger partial charge >= 0.3 is 5.69 Å². The van der Waals surface area contributed by atoms with Gasteiger partial charge in [-0.2, -0.15) is 4.39 Å². The summed E-state index contributed by atoms with van der Waals surface area (Å²) < 4.78 is 13.6. The zero-order valence-electron chi connectivity index (χ0n) is 11.0. The number of rotatable bonds is 3. The van der Waals surface area contributed by atoms with Crippen LogP contribution in [0.5, 0.6) is 0 Å². The average molecular weight is 288 g/mol. The van der Waals surface area contributed by atoms with E-state index in [2.05, 4.69) is 5.32 Å². The fraction of sp³-hybridized carbons (Fsp3) is 0.200. The Balaban J connectivity index is 1.98. The molecule has 108 valence electrons. The lowest BCUT2D eigenvalue weighted by atomic mass is 10.1. The summed E-state index contributed by atoms with van der Waals surface area (Å²) in [5, 5.41) is 24.1. The molecule has 1 aliphatic carbocycles. The summed E-state index contributed by atoms with van der Waals surface area (Å²) in [6.07, 6.45) is -0.234. The van der Waals surface area contributed by atoms with Gasteiger partial charge in [-0.25, -0.2) is 0 Å². The third-order valence-electron chi connectivity index (χ3n) is 3.68. The lowest BCUT2D eigenvalue weighted by Crippen LogP contribution is -2.21. The molecular formula is C15H13FN2O3. The molecule has 0 radical (unpaired) electrons. The van der Waals surface area contributed by atoms with Gasteiger partial charge < -0.3 is 10.4 Å². The van der Waals surface area contributed by atoms with Crippen LogP contribution in [0.1, 0.15) is 17.2 Å². The smallest absolute Gasteiger partial charge is 0.327 e. The molecule has 0 spiro atoms. The molecule has 0 fully saturated rings. The minimum Gasteiger partial charge on any atom is -0.390 e. The van der Waals surface area contributed by atoms with Crippen molar-refractivity contribution in [2.75, 3.05) is 5.32 Å². The molecule has 2 aromatic carbocycles. The maximum atomic E-state index is 13.6. The van der Waals surface area contributed by atoms with Gasteiger partial charge in [-0.05, 0) is 23.3 Å². The van der Waals surface area contributed by atoms with E-state index in [9.17, 15) is 19.6 Å². The van der Waals surface area contributed by atoms with Crippen LogP contribution in [0, 0.1) is 15.9 Å². The van der Waals surface area contributed by atoms with Gasteiger partial charge in [0.25, 0.3) is 0 Å². The molecule has 0 heterocycles. The fourth-order valence-corrected chi connectivity index (χ4v) is 2.73. The molecule has 6 heteroatoms. The van der Waals surface area contributed by atoms with Crippen LogP contribution in [0.25, 0.3) is 0 Å². The Hall–Kier alpha value is -2.47. The van der Waals surface area contributed by atoms with E-state index >= 15 is 0 Å². The Labute approximate surface area is 120 Å². The number of nitrogens with zero attached hydrogens (tertiary/aromatic N) is 1. The molecule has 0 bridgehead atoms. The number of benzene rings is 2. The molecule has 1 aliphatic rings. The number of fused-ring (bicyclic) bond motifs is 1. The lowest BCUT2D eigenvalue weighted by Gasteiger charge is -2.19. The number of halogens is 1. The second-order valence-corrected chi connectivity index (χ2v) is 4.99. The topological polar surface area (TPSA) is 75.4 Å². The molecule has 0 aliphatic heterocycles. The lowest BCUT2D eigenvalue weighted by molar-refractivity contribution is -0.386. The van der Waals surface area contributed by atoms with Crippen molar-refractivity contribution < 1.29 is 14.4 Å². The highest BCUT2D eigenvalue weighted by Crippen LogP contribution is 2.37. The second kappa shape index (κ2) is 5.14. The van der Waals surface area contributed by atoms with Gasteiger partial charge in [0.05, 0.1) is 17.1 Å². The van der Waals surface area contributed by atoms with Crippen LogP contribution in [0.15, 0.2) is 42.5 Å². The Morgan fingerprint density at radius 1 is 1.24 bits per heavy atom. The van der Waals surface area contributed by atoms with Gasteiger partial charge in [0.1, 0.15) is 5.69 Å². The molecule has 2 aromatic rings. The van der Waals surface area contributed by atoms with E-state index in [0.717, 1.165) is 17.2 Å². The van der Waals surface area contributed by atoms with Crippen LogP contribution >= 0.6 is 0 Å². The molecule has 0 aromatic heterocycles. The zero-order chi connectivity index (χ0) is 15.0. The van der Waals surface area contributed by atoms with Gasteiger partial charge in [0.2, 0.25) is 5.82 Å². The molecule has 3 rings (SSSR count). The Morgan fingerprint density at radius 3 is 2.76 bits per heavy atom. The van der Waals surface area contributed by atoms with Gasteiger partial charge in [-0.3, -0.25) is 10.1 Å². The molecule has 2 N–H and O–H groups in total. The maximum absolute atomic E-state index is 13.6. The maximum Gasteiger partial charge on any atom is 0.327 e. The minimum atomic E-state index is -0.897. The summed E-state index contributed by atoms with van der Waals surface area (Å²) in [7, 11) is 0. The summed E-state index contributed by atoms with van der Waals surface area (Å²) in [6.45, 7) is 0. The largest absolute Gasteiger partial charge is 0.390 e. The van der Waals surface area contributed by atoms with E-state index < -0.39 is 28.6 Å². The number of nitro benzene ring substituents is 1. The van der Waals surface area contributed by atoms with E-state index in [-0.39, 0.29) is 5.69 Å². The Bertz CT molecular complexity index is 705. The average Bonchev–Trinajstić information content (AvgIpc) is 2.75. The first kappa shape index (κ1) is 13.5. The second-order valence-electron chi connectivity index (χ2n) is 4.99. The monoisotopic (exact) mass is 288 g/mol. The summed E-state index contributed by atoms with van der Waals surface area (Å²) in [5.74, 6) is -0.897. The SMILES string of the molecule is O=[N+]([O-])c1c(F)cccc1N[C@H]1c2ccccc2C[C@H]1O. The molecule has 0 amide bonds. The highest BCUT2D eigenvalue weighted by atomic mass is 19.1. The van der Waals surface area contributed by atoms with Crippen LogP contribution in [0.4, 0.5) is 15.8 Å². The molecule has 5 nitrogen and oxygen atoms in total. The third kappa shape index (κ3) is 2.34. The summed E-state index contributed by atoms with van der Waals surface area (Å²) in [6, 6.07) is 10.9. The third-order valence-corrected chi connectivity index (χ3v) is 3.68. The van der Waals surface area contributed by atoms with Crippen LogP contribution in [0.3, 0.4) is 0 Å². The number of nitrogens with one attached hydrogen (secondary N) is 1. The van der Waals surface area contributed by atoms with E-state index in [1.165, 1.54) is 12.1 Å². The first-order valence-corrected chi connectivity index (χ1v) is 6.53. The molecule has 0 unspecified atom stereocenters. The molecule has 21 heavy (non-hydrogen) atoms. The van der Waals surface area contributed by atoms with Crippen LogP contribution in [-0.4, -0.2) is 16.1 Å². The predicted molar refractivity (Wildman–Crippen MR) is 75.6 cm³/mol. The summed E-state index contributed by atoms with van der Waals surface area (Å²) >= 11 is 0. The highest BCUT2D eigenvalue weighted by Gasteiger charge is 2.32. The van der Waals surface area contributed by atoms with E-state index in [1.54, 1.807) is 0 Å². The van der Waals surface area contributed by atoms with Crippen molar-refractivity contribution in [2.24, 2.45) is 0 Å². The first-order chi connectivity index (χ1) is 10.1. The van der Waals surface area contributed by atoms with Crippen LogP contribution in [-0.2, 0) is 6.42 Å². The number of aliphatic hydroxyl groups is 1. The van der Waals surface area contributed by atoms with E-state index in [0.29, 0.717) is 6.42 Å². The molecule has 2 atom stereocenters. The summed E-state index contributed by atoms with van der Waals surface area (Å²) in [4.78, 5) is 10.2. The van der Waals surface area contributed by atoms with E-state index in [1.807, 2.05) is 24.3 Å². The summed E-state index contributed by atoms with van der Waals surface area (Å²) in [5.41, 5.74) is 1.33. The number of anilines is 1. The standard InChI is InChI=1S/C15H13FN2O3/c16-11-6-3-7-12(15(11)18(20)21)17-14-10-5-2-1-4-9(10)8-13(14)19/h1-7,13-14,17,19H,8H2/t13-,14+/m1/s1. The number of hydrogen-bond donors (Lipinski definition) is 2. The van der Waals surface area contributed by atoms with Crippen molar-refractivity contribution in [3.63, 3.8) is 0 Å².